The largest absolute Gasteiger partial charge is 0.441 e. The van der Waals surface area contributed by atoms with E-state index in [9.17, 15) is 9.90 Å². The molecule has 1 amide bonds. The third kappa shape index (κ3) is 1.49. The topological polar surface area (TPSA) is 85.0 Å². The molecule has 0 aromatic heterocycles. The molecule has 6 nitrogen and oxygen atoms in total. The van der Waals surface area contributed by atoms with Crippen LogP contribution in [0.25, 0.3) is 0 Å². The predicted octanol–water partition coefficient (Wildman–Crippen LogP) is -1.09. The van der Waals surface area contributed by atoms with E-state index in [1.165, 1.54) is 4.90 Å². The van der Waals surface area contributed by atoms with Crippen LogP contribution in [-0.4, -0.2) is 60.7 Å². The molecule has 1 saturated carbocycles. The number of methoxy groups -OCH3 is 1. The maximum Gasteiger partial charge on any atom is 0.410 e. The summed E-state index contributed by atoms with van der Waals surface area (Å²) in [6, 6.07) is -0.646. The fraction of sp³-hybridized carbons (Fsp3) is 0.889. The summed E-state index contributed by atoms with van der Waals surface area (Å²) in [6.07, 6.45) is -1.46. The van der Waals surface area contributed by atoms with Gasteiger partial charge in [0.05, 0.1) is 6.10 Å². The molecular formula is C9H16N2O4. The number of amides is 1. The average Bonchev–Trinajstić information content (AvgIpc) is 2.50. The van der Waals surface area contributed by atoms with Crippen molar-refractivity contribution in [2.75, 3.05) is 14.2 Å². The van der Waals surface area contributed by atoms with Crippen molar-refractivity contribution in [3.05, 3.63) is 0 Å². The lowest BCUT2D eigenvalue weighted by molar-refractivity contribution is -0.0776. The monoisotopic (exact) mass is 216 g/mol. The minimum atomic E-state index is -0.810. The van der Waals surface area contributed by atoms with Gasteiger partial charge in [-0.3, -0.25) is 0 Å². The highest BCUT2D eigenvalue weighted by molar-refractivity contribution is 5.70. The molecular weight excluding hydrogens is 200 g/mol. The number of carbonyl (C=O) groups excluding carboxylic acids is 1. The summed E-state index contributed by atoms with van der Waals surface area (Å²) >= 11 is 0. The van der Waals surface area contributed by atoms with E-state index in [1.807, 2.05) is 0 Å². The van der Waals surface area contributed by atoms with Gasteiger partial charge in [-0.2, -0.15) is 0 Å². The first-order valence-electron chi connectivity index (χ1n) is 4.96. The molecule has 15 heavy (non-hydrogen) atoms. The Balaban J connectivity index is 2.24. The van der Waals surface area contributed by atoms with E-state index < -0.39 is 24.3 Å². The first-order chi connectivity index (χ1) is 7.06. The Labute approximate surface area is 87.9 Å². The van der Waals surface area contributed by atoms with Gasteiger partial charge >= 0.3 is 6.09 Å². The van der Waals surface area contributed by atoms with Crippen LogP contribution in [0.5, 0.6) is 0 Å². The van der Waals surface area contributed by atoms with Crippen LogP contribution in [-0.2, 0) is 9.47 Å². The van der Waals surface area contributed by atoms with Crippen LogP contribution in [0.15, 0.2) is 0 Å². The second-order valence-electron chi connectivity index (χ2n) is 4.11. The molecule has 2 aliphatic rings. The number of aliphatic hydroxyl groups excluding tert-OH is 1. The van der Waals surface area contributed by atoms with E-state index in [4.69, 9.17) is 15.2 Å². The number of nitrogens with zero attached hydrogens (tertiary/aromatic N) is 1. The van der Waals surface area contributed by atoms with E-state index in [2.05, 4.69) is 0 Å². The molecule has 0 spiro atoms. The molecule has 6 heteroatoms. The summed E-state index contributed by atoms with van der Waals surface area (Å²) in [5.41, 5.74) is 5.75. The molecule has 2 rings (SSSR count). The van der Waals surface area contributed by atoms with Crippen molar-refractivity contribution in [2.24, 2.45) is 5.73 Å². The van der Waals surface area contributed by atoms with Gasteiger partial charge in [0.15, 0.2) is 6.10 Å². The lowest BCUT2D eigenvalue weighted by Gasteiger charge is -2.39. The summed E-state index contributed by atoms with van der Waals surface area (Å²) in [6.45, 7) is 0. The number of carbonyl (C=O) groups is 1. The van der Waals surface area contributed by atoms with Gasteiger partial charge < -0.3 is 25.2 Å². The maximum absolute atomic E-state index is 11.4. The number of hydrogen-bond donors (Lipinski definition) is 2. The molecule has 3 N–H and O–H groups in total. The van der Waals surface area contributed by atoms with Crippen molar-refractivity contribution in [1.82, 2.24) is 4.90 Å². The van der Waals surface area contributed by atoms with Crippen LogP contribution in [0.1, 0.15) is 6.42 Å². The number of fused-ring (bicyclic) bond motifs is 1. The lowest BCUT2D eigenvalue weighted by Crippen LogP contribution is -2.60. The molecule has 0 aromatic rings. The Bertz CT molecular complexity index is 273. The highest BCUT2D eigenvalue weighted by Gasteiger charge is 2.53. The highest BCUT2D eigenvalue weighted by atomic mass is 16.6. The predicted molar refractivity (Wildman–Crippen MR) is 51.2 cm³/mol. The molecule has 0 unspecified atom stereocenters. The van der Waals surface area contributed by atoms with Crippen LogP contribution < -0.4 is 5.73 Å². The zero-order chi connectivity index (χ0) is 11.2. The van der Waals surface area contributed by atoms with Crippen molar-refractivity contribution in [2.45, 2.75) is 36.8 Å². The number of aliphatic hydroxyl groups is 1. The molecule has 1 aliphatic carbocycles. The molecule has 86 valence electrons. The zero-order valence-corrected chi connectivity index (χ0v) is 8.79. The van der Waals surface area contributed by atoms with E-state index in [0.29, 0.717) is 6.42 Å². The Morgan fingerprint density at radius 3 is 2.93 bits per heavy atom. The molecule has 0 radical (unpaired) electrons. The second kappa shape index (κ2) is 3.62. The van der Waals surface area contributed by atoms with Crippen molar-refractivity contribution < 1.29 is 19.4 Å². The van der Waals surface area contributed by atoms with E-state index in [-0.39, 0.29) is 12.1 Å². The van der Waals surface area contributed by atoms with Gasteiger partial charge in [-0.25, -0.2) is 4.79 Å². The number of likely N-dealkylation sites (N-methyl/N-ethyl adjacent to an activating group) is 1. The first kappa shape index (κ1) is 10.7. The molecule has 0 aromatic carbocycles. The number of nitrogens with two attached hydrogens (primary N) is 1. The summed E-state index contributed by atoms with van der Waals surface area (Å²) in [5.74, 6) is 0. The normalized spacial score (nSPS) is 45.2. The van der Waals surface area contributed by atoms with Crippen LogP contribution in [0.2, 0.25) is 0 Å². The fourth-order valence-corrected chi connectivity index (χ4v) is 2.37. The molecule has 1 aliphatic heterocycles. The van der Waals surface area contributed by atoms with E-state index in [1.54, 1.807) is 14.2 Å². The summed E-state index contributed by atoms with van der Waals surface area (Å²) in [4.78, 5) is 12.8. The van der Waals surface area contributed by atoms with Crippen LogP contribution >= 0.6 is 0 Å². The third-order valence-corrected chi connectivity index (χ3v) is 3.27. The van der Waals surface area contributed by atoms with Crippen molar-refractivity contribution in [3.63, 3.8) is 0 Å². The van der Waals surface area contributed by atoms with Gasteiger partial charge in [-0.15, -0.1) is 0 Å². The van der Waals surface area contributed by atoms with Crippen LogP contribution in [0.4, 0.5) is 4.79 Å². The van der Waals surface area contributed by atoms with Crippen LogP contribution in [0.3, 0.4) is 0 Å². The third-order valence-electron chi connectivity index (χ3n) is 3.27. The van der Waals surface area contributed by atoms with Crippen molar-refractivity contribution in [1.29, 1.82) is 0 Å². The SMILES string of the molecule is CO[C@H]1C[C@H](N)[C@@H](O)[C@@H]2OC(=O)N(C)[C@@H]21. The van der Waals surface area contributed by atoms with Gasteiger partial charge in [-0.1, -0.05) is 0 Å². The minimum Gasteiger partial charge on any atom is -0.441 e. The molecule has 1 saturated heterocycles. The van der Waals surface area contributed by atoms with E-state index in [0.717, 1.165) is 0 Å². The molecule has 1 heterocycles. The van der Waals surface area contributed by atoms with Gasteiger partial charge in [-0.05, 0) is 6.42 Å². The highest BCUT2D eigenvalue weighted by Crippen LogP contribution is 2.32. The van der Waals surface area contributed by atoms with Crippen LogP contribution in [0, 0.1) is 0 Å². The van der Waals surface area contributed by atoms with Gasteiger partial charge in [0.1, 0.15) is 12.1 Å². The standard InChI is InChI=1S/C9H16N2O4/c1-11-6-5(14-2)3-4(10)7(12)8(6)15-9(11)13/h4-8,12H,3,10H2,1-2H3/t4-,5-,6+,7+,8+/m0/s1. The molecule has 5 atom stereocenters. The summed E-state index contributed by atoms with van der Waals surface area (Å²) in [7, 11) is 3.21. The Morgan fingerprint density at radius 1 is 1.67 bits per heavy atom. The Morgan fingerprint density at radius 2 is 2.33 bits per heavy atom. The van der Waals surface area contributed by atoms with Gasteiger partial charge in [0.2, 0.25) is 0 Å². The lowest BCUT2D eigenvalue weighted by atomic mass is 9.84. The minimum absolute atomic E-state index is 0.176. The number of ether oxygens (including phenoxy) is 2. The van der Waals surface area contributed by atoms with Crippen molar-refractivity contribution >= 4 is 6.09 Å². The van der Waals surface area contributed by atoms with Gasteiger partial charge in [0.25, 0.3) is 0 Å². The number of hydrogen-bond acceptors (Lipinski definition) is 5. The quantitative estimate of drug-likeness (QED) is 0.582. The first-order valence-corrected chi connectivity index (χ1v) is 4.96. The molecule has 0 bridgehead atoms. The Hall–Kier alpha value is -0.850. The van der Waals surface area contributed by atoms with Crippen molar-refractivity contribution in [3.8, 4) is 0 Å². The fourth-order valence-electron chi connectivity index (χ4n) is 2.37. The zero-order valence-electron chi connectivity index (χ0n) is 8.79. The van der Waals surface area contributed by atoms with E-state index >= 15 is 0 Å². The smallest absolute Gasteiger partial charge is 0.410 e. The molecule has 2 fully saturated rings. The maximum atomic E-state index is 11.4. The Kier molecular flexibility index (Phi) is 2.57. The van der Waals surface area contributed by atoms with Gasteiger partial charge in [0, 0.05) is 20.2 Å². The average molecular weight is 216 g/mol. The summed E-state index contributed by atoms with van der Waals surface area (Å²) in [5, 5.41) is 9.81. The number of rotatable bonds is 1. The second-order valence-corrected chi connectivity index (χ2v) is 4.11. The summed E-state index contributed by atoms with van der Waals surface area (Å²) < 4.78 is 10.3.